The first-order valence-electron chi connectivity index (χ1n) is 7.73. The molecule has 0 fully saturated rings. The Balaban J connectivity index is 0.00000208. The van der Waals surface area contributed by atoms with Crippen molar-refractivity contribution in [1.82, 2.24) is 5.32 Å². The van der Waals surface area contributed by atoms with Crippen LogP contribution in [0.15, 0.2) is 63.5 Å². The van der Waals surface area contributed by atoms with Crippen LogP contribution in [0.2, 0.25) is 0 Å². The van der Waals surface area contributed by atoms with Crippen LogP contribution in [0, 0.1) is 13.8 Å². The molecule has 0 unspecified atom stereocenters. The molecule has 1 aromatic heterocycles. The zero-order chi connectivity index (χ0) is 16.2. The summed E-state index contributed by atoms with van der Waals surface area (Å²) in [6.07, 6.45) is 0. The Morgan fingerprint density at radius 2 is 1.67 bits per heavy atom. The van der Waals surface area contributed by atoms with Crippen molar-refractivity contribution in [1.29, 1.82) is 0 Å². The minimum absolute atomic E-state index is 0. The van der Waals surface area contributed by atoms with Gasteiger partial charge in [-0.2, -0.15) is 0 Å². The Morgan fingerprint density at radius 1 is 0.917 bits per heavy atom. The van der Waals surface area contributed by atoms with E-state index in [0.717, 1.165) is 34.6 Å². The number of halogens is 2. The monoisotopic (exact) mass is 405 g/mol. The van der Waals surface area contributed by atoms with Crippen molar-refractivity contribution < 1.29 is 4.42 Å². The van der Waals surface area contributed by atoms with E-state index in [9.17, 15) is 0 Å². The van der Waals surface area contributed by atoms with Gasteiger partial charge in [0.25, 0.3) is 0 Å². The van der Waals surface area contributed by atoms with Gasteiger partial charge in [0, 0.05) is 16.6 Å². The third-order valence-electron chi connectivity index (χ3n) is 3.86. The molecule has 0 radical (unpaired) electrons. The van der Waals surface area contributed by atoms with Crippen LogP contribution in [0.3, 0.4) is 0 Å². The van der Waals surface area contributed by atoms with E-state index in [1.807, 2.05) is 18.2 Å². The summed E-state index contributed by atoms with van der Waals surface area (Å²) in [6.45, 7) is 5.76. The van der Waals surface area contributed by atoms with Crippen LogP contribution in [-0.2, 0) is 13.1 Å². The number of nitrogens with one attached hydrogen (secondary N) is 1. The second-order valence-corrected chi connectivity index (χ2v) is 6.73. The van der Waals surface area contributed by atoms with E-state index in [-0.39, 0.29) is 12.4 Å². The van der Waals surface area contributed by atoms with Gasteiger partial charge in [0.05, 0.1) is 6.54 Å². The molecule has 1 N–H and O–H groups in total. The number of benzene rings is 2. The van der Waals surface area contributed by atoms with Crippen LogP contribution in [-0.4, -0.2) is 0 Å². The molecule has 0 bridgehead atoms. The molecule has 0 atom stereocenters. The van der Waals surface area contributed by atoms with Crippen LogP contribution >= 0.6 is 28.3 Å². The molecule has 0 spiro atoms. The number of hydrogen-bond donors (Lipinski definition) is 1. The molecule has 0 amide bonds. The lowest BCUT2D eigenvalue weighted by Gasteiger charge is -2.05. The van der Waals surface area contributed by atoms with Crippen LogP contribution in [0.25, 0.3) is 11.3 Å². The van der Waals surface area contributed by atoms with Crippen molar-refractivity contribution in [3.63, 3.8) is 0 Å². The summed E-state index contributed by atoms with van der Waals surface area (Å²) in [4.78, 5) is 0. The predicted molar refractivity (Wildman–Crippen MR) is 106 cm³/mol. The molecule has 0 saturated heterocycles. The van der Waals surface area contributed by atoms with E-state index < -0.39 is 0 Å². The molecule has 1 heterocycles. The number of hydrogen-bond acceptors (Lipinski definition) is 2. The van der Waals surface area contributed by atoms with Gasteiger partial charge in [-0.3, -0.25) is 0 Å². The molecule has 2 nitrogen and oxygen atoms in total. The summed E-state index contributed by atoms with van der Waals surface area (Å²) in [6, 6.07) is 18.9. The van der Waals surface area contributed by atoms with Gasteiger partial charge in [0.15, 0.2) is 0 Å². The Morgan fingerprint density at radius 3 is 2.38 bits per heavy atom. The van der Waals surface area contributed by atoms with Gasteiger partial charge in [-0.15, -0.1) is 12.4 Å². The summed E-state index contributed by atoms with van der Waals surface area (Å²) in [5, 5.41) is 3.42. The molecule has 3 aromatic rings. The fraction of sp³-hybridized carbons (Fsp3) is 0.200. The molecule has 3 rings (SSSR count). The maximum atomic E-state index is 5.97. The predicted octanol–water partition coefficient (Wildman–Crippen LogP) is 6.04. The van der Waals surface area contributed by atoms with Gasteiger partial charge >= 0.3 is 0 Å². The number of rotatable bonds is 5. The lowest BCUT2D eigenvalue weighted by molar-refractivity contribution is 0.493. The van der Waals surface area contributed by atoms with E-state index in [2.05, 4.69) is 71.5 Å². The van der Waals surface area contributed by atoms with Crippen molar-refractivity contribution >= 4 is 28.3 Å². The quantitative estimate of drug-likeness (QED) is 0.559. The van der Waals surface area contributed by atoms with Crippen molar-refractivity contribution in [3.8, 4) is 11.3 Å². The standard InChI is InChI=1S/C20H20BrNO.ClH/c1-14-3-5-16(6-4-14)12-22-13-18-8-10-20(23-18)19-9-7-17(21)11-15(19)2;/h3-11,22H,12-13H2,1-2H3;1H. The van der Waals surface area contributed by atoms with Gasteiger partial charge < -0.3 is 9.73 Å². The van der Waals surface area contributed by atoms with E-state index in [0.29, 0.717) is 0 Å². The van der Waals surface area contributed by atoms with E-state index in [1.165, 1.54) is 16.7 Å². The smallest absolute Gasteiger partial charge is 0.134 e. The summed E-state index contributed by atoms with van der Waals surface area (Å²) >= 11 is 3.49. The molecule has 0 aliphatic heterocycles. The molecule has 24 heavy (non-hydrogen) atoms. The Kier molecular flexibility index (Phi) is 6.67. The minimum atomic E-state index is 0. The van der Waals surface area contributed by atoms with Crippen LogP contribution in [0.4, 0.5) is 0 Å². The largest absolute Gasteiger partial charge is 0.460 e. The number of furan rings is 1. The first kappa shape index (κ1) is 18.8. The first-order valence-corrected chi connectivity index (χ1v) is 8.52. The van der Waals surface area contributed by atoms with Gasteiger partial charge in [0.1, 0.15) is 11.5 Å². The molecule has 0 aliphatic rings. The maximum absolute atomic E-state index is 5.97. The van der Waals surface area contributed by atoms with Gasteiger partial charge in [-0.05, 0) is 55.3 Å². The lowest BCUT2D eigenvalue weighted by Crippen LogP contribution is -2.11. The maximum Gasteiger partial charge on any atom is 0.134 e. The highest BCUT2D eigenvalue weighted by Gasteiger charge is 2.07. The molecular formula is C20H21BrClNO. The highest BCUT2D eigenvalue weighted by atomic mass is 79.9. The average Bonchev–Trinajstić information content (AvgIpc) is 2.98. The fourth-order valence-electron chi connectivity index (χ4n) is 2.56. The van der Waals surface area contributed by atoms with Crippen LogP contribution in [0.5, 0.6) is 0 Å². The van der Waals surface area contributed by atoms with Gasteiger partial charge in [-0.25, -0.2) is 0 Å². The van der Waals surface area contributed by atoms with Crippen LogP contribution < -0.4 is 5.32 Å². The van der Waals surface area contributed by atoms with E-state index >= 15 is 0 Å². The normalized spacial score (nSPS) is 10.5. The van der Waals surface area contributed by atoms with Crippen molar-refractivity contribution in [2.24, 2.45) is 0 Å². The van der Waals surface area contributed by atoms with Crippen LogP contribution in [0.1, 0.15) is 22.5 Å². The van der Waals surface area contributed by atoms with Crippen molar-refractivity contribution in [2.45, 2.75) is 26.9 Å². The Hall–Kier alpha value is -1.55. The Labute approximate surface area is 157 Å². The first-order chi connectivity index (χ1) is 11.1. The fourth-order valence-corrected chi connectivity index (χ4v) is 3.03. The Bertz CT molecular complexity index is 796. The molecule has 0 aliphatic carbocycles. The molecule has 2 aromatic carbocycles. The summed E-state index contributed by atoms with van der Waals surface area (Å²) in [5.41, 5.74) is 4.91. The van der Waals surface area contributed by atoms with E-state index in [1.54, 1.807) is 0 Å². The topological polar surface area (TPSA) is 25.2 Å². The highest BCUT2D eigenvalue weighted by molar-refractivity contribution is 9.10. The molecule has 126 valence electrons. The third-order valence-corrected chi connectivity index (χ3v) is 4.36. The van der Waals surface area contributed by atoms with E-state index in [4.69, 9.17) is 4.42 Å². The molecular weight excluding hydrogens is 386 g/mol. The lowest BCUT2D eigenvalue weighted by atomic mass is 10.1. The third kappa shape index (κ3) is 4.73. The summed E-state index contributed by atoms with van der Waals surface area (Å²) in [7, 11) is 0. The zero-order valence-electron chi connectivity index (χ0n) is 13.8. The average molecular weight is 407 g/mol. The van der Waals surface area contributed by atoms with Crippen molar-refractivity contribution in [2.75, 3.05) is 0 Å². The summed E-state index contributed by atoms with van der Waals surface area (Å²) in [5.74, 6) is 1.87. The van der Waals surface area contributed by atoms with Gasteiger partial charge in [0.2, 0.25) is 0 Å². The number of aryl methyl sites for hydroxylation is 2. The second kappa shape index (κ2) is 8.52. The minimum Gasteiger partial charge on any atom is -0.460 e. The SMILES string of the molecule is Cc1ccc(CNCc2ccc(-c3ccc(Br)cc3C)o2)cc1.Cl. The highest BCUT2D eigenvalue weighted by Crippen LogP contribution is 2.27. The van der Waals surface area contributed by atoms with Gasteiger partial charge in [-0.1, -0.05) is 45.8 Å². The van der Waals surface area contributed by atoms with Crippen molar-refractivity contribution in [3.05, 3.63) is 81.5 Å². The second-order valence-electron chi connectivity index (χ2n) is 5.81. The zero-order valence-corrected chi connectivity index (χ0v) is 16.2. The molecule has 0 saturated carbocycles. The summed E-state index contributed by atoms with van der Waals surface area (Å²) < 4.78 is 7.06. The molecule has 4 heteroatoms.